The van der Waals surface area contributed by atoms with Gasteiger partial charge in [-0.3, -0.25) is 15.0 Å². The van der Waals surface area contributed by atoms with Crippen molar-refractivity contribution < 1.29 is 4.92 Å². The number of nitrogens with one attached hydrogen (secondary N) is 1. The molecule has 0 aromatic heterocycles. The highest BCUT2D eigenvalue weighted by molar-refractivity contribution is 9.10. The smallest absolute Gasteiger partial charge is 0.283 e. The summed E-state index contributed by atoms with van der Waals surface area (Å²) in [6, 6.07) is 6.03. The zero-order valence-electron chi connectivity index (χ0n) is 11.2. The van der Waals surface area contributed by atoms with Crippen LogP contribution in [0, 0.1) is 16.0 Å². The zero-order valence-corrected chi connectivity index (χ0v) is 12.8. The van der Waals surface area contributed by atoms with Crippen molar-refractivity contribution in [2.45, 2.75) is 25.4 Å². The van der Waals surface area contributed by atoms with E-state index in [9.17, 15) is 10.1 Å². The zero-order chi connectivity index (χ0) is 14.1. The maximum Gasteiger partial charge on any atom is 0.283 e. The molecular formula is C14H18BrN3O2. The lowest BCUT2D eigenvalue weighted by molar-refractivity contribution is -0.385. The first-order valence-electron chi connectivity index (χ1n) is 7.03. The summed E-state index contributed by atoms with van der Waals surface area (Å²) in [6.07, 6.45) is 2.52. The Balaban J connectivity index is 1.77. The largest absolute Gasteiger partial charge is 0.315 e. The average molecular weight is 340 g/mol. The van der Waals surface area contributed by atoms with Crippen molar-refractivity contribution in [2.24, 2.45) is 5.92 Å². The minimum absolute atomic E-state index is 0.153. The van der Waals surface area contributed by atoms with Crippen LogP contribution in [0.5, 0.6) is 0 Å². The normalized spacial score (nSPS) is 26.4. The second-order valence-electron chi connectivity index (χ2n) is 5.64. The highest BCUT2D eigenvalue weighted by atomic mass is 79.9. The highest BCUT2D eigenvalue weighted by Gasteiger charge is 2.34. The number of piperidine rings is 1. The van der Waals surface area contributed by atoms with Gasteiger partial charge >= 0.3 is 0 Å². The molecule has 0 saturated carbocycles. The standard InChI is InChI=1S/C14H18BrN3O2/c15-12-4-3-10(6-13(12)18(19)20)9-17-5-1-2-11-7-16-8-14(11)17/h3-4,6,11,14,16H,1-2,5,7-9H2. The molecule has 3 rings (SSSR count). The van der Waals surface area contributed by atoms with Crippen molar-refractivity contribution in [2.75, 3.05) is 19.6 Å². The van der Waals surface area contributed by atoms with Crippen LogP contribution in [0.15, 0.2) is 22.7 Å². The molecule has 6 heteroatoms. The second-order valence-corrected chi connectivity index (χ2v) is 6.50. The van der Waals surface area contributed by atoms with E-state index in [-0.39, 0.29) is 10.6 Å². The van der Waals surface area contributed by atoms with Gasteiger partial charge < -0.3 is 5.32 Å². The second kappa shape index (κ2) is 5.79. The average Bonchev–Trinajstić information content (AvgIpc) is 2.90. The maximum absolute atomic E-state index is 11.0. The molecule has 0 bridgehead atoms. The van der Waals surface area contributed by atoms with Crippen LogP contribution in [-0.2, 0) is 6.54 Å². The van der Waals surface area contributed by atoms with Crippen LogP contribution in [0.1, 0.15) is 18.4 Å². The lowest BCUT2D eigenvalue weighted by Crippen LogP contribution is -2.44. The van der Waals surface area contributed by atoms with Gasteiger partial charge in [0.15, 0.2) is 0 Å². The van der Waals surface area contributed by atoms with Gasteiger partial charge in [0.05, 0.1) is 9.40 Å². The predicted molar refractivity (Wildman–Crippen MR) is 80.6 cm³/mol. The lowest BCUT2D eigenvalue weighted by atomic mass is 9.91. The Labute approximate surface area is 126 Å². The summed E-state index contributed by atoms with van der Waals surface area (Å²) in [7, 11) is 0. The molecule has 1 N–H and O–H groups in total. The number of nitro benzene ring substituents is 1. The van der Waals surface area contributed by atoms with Crippen LogP contribution in [0.25, 0.3) is 0 Å². The van der Waals surface area contributed by atoms with E-state index in [2.05, 4.69) is 26.1 Å². The SMILES string of the molecule is O=[N+]([O-])c1cc(CN2CCCC3CNCC32)ccc1Br. The Morgan fingerprint density at radius 2 is 2.30 bits per heavy atom. The summed E-state index contributed by atoms with van der Waals surface area (Å²) in [5.74, 6) is 0.745. The van der Waals surface area contributed by atoms with Crippen LogP contribution in [0.2, 0.25) is 0 Å². The van der Waals surface area contributed by atoms with E-state index < -0.39 is 0 Å². The number of nitrogens with zero attached hydrogens (tertiary/aromatic N) is 2. The molecule has 5 nitrogen and oxygen atoms in total. The molecule has 2 heterocycles. The molecule has 0 radical (unpaired) electrons. The van der Waals surface area contributed by atoms with E-state index in [1.54, 1.807) is 12.1 Å². The van der Waals surface area contributed by atoms with Crippen LogP contribution >= 0.6 is 15.9 Å². The predicted octanol–water partition coefficient (Wildman–Crippen LogP) is 2.54. The van der Waals surface area contributed by atoms with E-state index in [1.165, 1.54) is 12.8 Å². The summed E-state index contributed by atoms with van der Waals surface area (Å²) >= 11 is 3.24. The number of likely N-dealkylation sites (tertiary alicyclic amines) is 1. The highest BCUT2D eigenvalue weighted by Crippen LogP contribution is 2.30. The first-order chi connectivity index (χ1) is 9.65. The third-order valence-corrected chi connectivity index (χ3v) is 5.06. The lowest BCUT2D eigenvalue weighted by Gasteiger charge is -2.37. The monoisotopic (exact) mass is 339 g/mol. The number of hydrogen-bond acceptors (Lipinski definition) is 4. The summed E-state index contributed by atoms with van der Waals surface area (Å²) in [6.45, 7) is 4.05. The van der Waals surface area contributed by atoms with E-state index in [0.29, 0.717) is 10.5 Å². The number of rotatable bonds is 3. The Morgan fingerprint density at radius 1 is 1.45 bits per heavy atom. The van der Waals surface area contributed by atoms with E-state index in [1.807, 2.05) is 6.07 Å². The van der Waals surface area contributed by atoms with E-state index in [4.69, 9.17) is 0 Å². The van der Waals surface area contributed by atoms with Crippen LogP contribution in [0.4, 0.5) is 5.69 Å². The van der Waals surface area contributed by atoms with Crippen molar-refractivity contribution in [3.63, 3.8) is 0 Å². The first-order valence-corrected chi connectivity index (χ1v) is 7.82. The third kappa shape index (κ3) is 2.73. The minimum atomic E-state index is -0.330. The molecule has 2 unspecified atom stereocenters. The first kappa shape index (κ1) is 14.0. The molecule has 108 valence electrons. The summed E-state index contributed by atoms with van der Waals surface area (Å²) in [5.41, 5.74) is 1.17. The fourth-order valence-corrected chi connectivity index (χ4v) is 3.78. The molecule has 2 aliphatic rings. The molecule has 1 aromatic rings. The van der Waals surface area contributed by atoms with Crippen molar-refractivity contribution in [3.8, 4) is 0 Å². The van der Waals surface area contributed by atoms with E-state index >= 15 is 0 Å². The molecule has 0 spiro atoms. The van der Waals surface area contributed by atoms with Gasteiger partial charge in [-0.1, -0.05) is 6.07 Å². The molecule has 0 amide bonds. The van der Waals surface area contributed by atoms with Crippen molar-refractivity contribution in [1.82, 2.24) is 10.2 Å². The minimum Gasteiger partial charge on any atom is -0.315 e. The third-order valence-electron chi connectivity index (χ3n) is 4.39. The number of hydrogen-bond donors (Lipinski definition) is 1. The number of benzene rings is 1. The molecule has 1 aromatic carbocycles. The van der Waals surface area contributed by atoms with Gasteiger partial charge in [-0.25, -0.2) is 0 Å². The molecule has 0 aliphatic carbocycles. The van der Waals surface area contributed by atoms with Crippen LogP contribution in [-0.4, -0.2) is 35.5 Å². The Bertz CT molecular complexity index is 523. The fraction of sp³-hybridized carbons (Fsp3) is 0.571. The molecule has 20 heavy (non-hydrogen) atoms. The topological polar surface area (TPSA) is 58.4 Å². The fourth-order valence-electron chi connectivity index (χ4n) is 3.39. The maximum atomic E-state index is 11.0. The van der Waals surface area contributed by atoms with E-state index in [0.717, 1.165) is 37.7 Å². The Morgan fingerprint density at radius 3 is 3.10 bits per heavy atom. The number of halogens is 1. The van der Waals surface area contributed by atoms with Gasteiger partial charge in [0.1, 0.15) is 0 Å². The number of fused-ring (bicyclic) bond motifs is 1. The molecule has 2 atom stereocenters. The number of nitro groups is 1. The summed E-state index contributed by atoms with van der Waals surface area (Å²) in [5, 5.41) is 14.5. The Hall–Kier alpha value is -0.980. The Kier molecular flexibility index (Phi) is 4.05. The van der Waals surface area contributed by atoms with Gasteiger partial charge in [-0.2, -0.15) is 0 Å². The van der Waals surface area contributed by atoms with Crippen LogP contribution in [0.3, 0.4) is 0 Å². The van der Waals surface area contributed by atoms with Crippen molar-refractivity contribution >= 4 is 21.6 Å². The molecule has 2 fully saturated rings. The molecule has 2 aliphatic heterocycles. The van der Waals surface area contributed by atoms with Crippen molar-refractivity contribution in [3.05, 3.63) is 38.3 Å². The van der Waals surface area contributed by atoms with Gasteiger partial charge in [0.2, 0.25) is 0 Å². The van der Waals surface area contributed by atoms with Gasteiger partial charge in [-0.15, -0.1) is 0 Å². The summed E-state index contributed by atoms with van der Waals surface area (Å²) in [4.78, 5) is 13.1. The quantitative estimate of drug-likeness (QED) is 0.679. The van der Waals surface area contributed by atoms with Gasteiger partial charge in [0.25, 0.3) is 5.69 Å². The molecule has 2 saturated heterocycles. The van der Waals surface area contributed by atoms with Crippen molar-refractivity contribution in [1.29, 1.82) is 0 Å². The molecular weight excluding hydrogens is 322 g/mol. The summed E-state index contributed by atoms with van der Waals surface area (Å²) < 4.78 is 0.547. The van der Waals surface area contributed by atoms with Crippen LogP contribution < -0.4 is 5.32 Å². The van der Waals surface area contributed by atoms with Gasteiger partial charge in [0, 0.05) is 25.2 Å². The van der Waals surface area contributed by atoms with Gasteiger partial charge in [-0.05, 0) is 59.4 Å².